The van der Waals surface area contributed by atoms with Crippen molar-refractivity contribution in [2.24, 2.45) is 0 Å². The lowest BCUT2D eigenvalue weighted by Gasteiger charge is -2.35. The van der Waals surface area contributed by atoms with Crippen molar-refractivity contribution in [1.29, 1.82) is 0 Å². The first kappa shape index (κ1) is 26.2. The lowest BCUT2D eigenvalue weighted by molar-refractivity contribution is -0.131. The number of hydrogen-bond acceptors (Lipinski definition) is 8. The summed E-state index contributed by atoms with van der Waals surface area (Å²) in [4.78, 5) is 40.7. The minimum Gasteiger partial charge on any atom is -0.436 e. The van der Waals surface area contributed by atoms with E-state index in [1.807, 2.05) is 23.1 Å². The summed E-state index contributed by atoms with van der Waals surface area (Å²) in [5.74, 6) is 0.397. The van der Waals surface area contributed by atoms with Gasteiger partial charge in [0.15, 0.2) is 0 Å². The maximum Gasteiger partial charge on any atom is 0.394 e. The predicted molar refractivity (Wildman–Crippen MR) is 133 cm³/mol. The van der Waals surface area contributed by atoms with E-state index < -0.39 is 10.4 Å². The number of benzene rings is 1. The minimum absolute atomic E-state index is 0.0601. The summed E-state index contributed by atoms with van der Waals surface area (Å²) in [5, 5.41) is 0. The number of anilines is 1. The molecule has 2 aromatic heterocycles. The molecule has 4 heterocycles. The van der Waals surface area contributed by atoms with Gasteiger partial charge in [-0.1, -0.05) is 18.2 Å². The van der Waals surface area contributed by atoms with Crippen LogP contribution in [-0.4, -0.2) is 81.8 Å². The van der Waals surface area contributed by atoms with Gasteiger partial charge in [0.25, 0.3) is 5.91 Å². The molecule has 0 bridgehead atoms. The number of hydrogen-bond donors (Lipinski definition) is 2. The Kier molecular flexibility index (Phi) is 8.08. The van der Waals surface area contributed by atoms with Crippen LogP contribution in [0.3, 0.4) is 0 Å². The van der Waals surface area contributed by atoms with Gasteiger partial charge in [-0.05, 0) is 36.4 Å². The van der Waals surface area contributed by atoms with Crippen LogP contribution in [0.25, 0.3) is 0 Å². The van der Waals surface area contributed by atoms with Gasteiger partial charge in [0.2, 0.25) is 11.8 Å². The van der Waals surface area contributed by atoms with Gasteiger partial charge in [0.1, 0.15) is 18.0 Å². The van der Waals surface area contributed by atoms with E-state index in [9.17, 15) is 9.59 Å². The van der Waals surface area contributed by atoms with Crippen molar-refractivity contribution in [3.05, 3.63) is 78.2 Å². The second kappa shape index (κ2) is 11.4. The molecular weight excluding hydrogens is 502 g/mol. The van der Waals surface area contributed by atoms with Crippen molar-refractivity contribution in [3.8, 4) is 11.6 Å². The number of para-hydroxylation sites is 1. The fraction of sp³-hybridized carbons (Fsp3) is 0.250. The van der Waals surface area contributed by atoms with E-state index in [0.29, 0.717) is 36.0 Å². The van der Waals surface area contributed by atoms with Crippen molar-refractivity contribution in [1.82, 2.24) is 19.8 Å². The number of nitrogens with zero attached hydrogens (tertiary/aromatic N) is 5. The van der Waals surface area contributed by atoms with Crippen molar-refractivity contribution in [3.63, 3.8) is 0 Å². The minimum atomic E-state index is -4.67. The van der Waals surface area contributed by atoms with Crippen LogP contribution < -0.4 is 9.64 Å². The highest BCUT2D eigenvalue weighted by atomic mass is 32.3. The molecule has 2 aliphatic heterocycles. The van der Waals surface area contributed by atoms with Crippen LogP contribution in [-0.2, 0) is 21.7 Å². The Hall–Kier alpha value is -3.91. The lowest BCUT2D eigenvalue weighted by Crippen LogP contribution is -2.51. The predicted octanol–water partition coefficient (Wildman–Crippen LogP) is 1.92. The van der Waals surface area contributed by atoms with E-state index in [4.69, 9.17) is 22.3 Å². The smallest absolute Gasteiger partial charge is 0.394 e. The lowest BCUT2D eigenvalue weighted by atomic mass is 10.1. The first-order chi connectivity index (χ1) is 17.7. The highest BCUT2D eigenvalue weighted by molar-refractivity contribution is 7.79. The molecule has 2 amide bonds. The number of rotatable bonds is 4. The zero-order valence-electron chi connectivity index (χ0n) is 19.7. The molecule has 0 radical (unpaired) electrons. The summed E-state index contributed by atoms with van der Waals surface area (Å²) in [6.45, 7) is 3.46. The molecule has 0 unspecified atom stereocenters. The van der Waals surface area contributed by atoms with Crippen molar-refractivity contribution < 1.29 is 31.8 Å². The summed E-state index contributed by atoms with van der Waals surface area (Å²) in [6.07, 6.45) is 3.40. The molecule has 2 N–H and O–H groups in total. The number of amides is 2. The van der Waals surface area contributed by atoms with Gasteiger partial charge >= 0.3 is 10.4 Å². The third-order valence-corrected chi connectivity index (χ3v) is 5.74. The van der Waals surface area contributed by atoms with Gasteiger partial charge in [0, 0.05) is 45.1 Å². The highest BCUT2D eigenvalue weighted by Crippen LogP contribution is 2.37. The van der Waals surface area contributed by atoms with Gasteiger partial charge < -0.3 is 9.64 Å². The SMILES string of the molecule is O=C(CN1C(=O)c2ccccc2Oc2ncccc21)N1CCN(Cc2ccccn2)CC1.O=S(=O)(O)O. The third kappa shape index (κ3) is 7.07. The van der Waals surface area contributed by atoms with E-state index in [2.05, 4.69) is 14.9 Å². The van der Waals surface area contributed by atoms with E-state index in [-0.39, 0.29) is 18.4 Å². The first-order valence-electron chi connectivity index (χ1n) is 11.3. The van der Waals surface area contributed by atoms with Crippen LogP contribution in [0.2, 0.25) is 0 Å². The number of carbonyl (C=O) groups is 2. The van der Waals surface area contributed by atoms with Gasteiger partial charge in [-0.3, -0.25) is 33.5 Å². The number of fused-ring (bicyclic) bond motifs is 2. The fourth-order valence-corrected chi connectivity index (χ4v) is 4.03. The Balaban J connectivity index is 0.000000586. The molecule has 2 aliphatic rings. The molecule has 0 spiro atoms. The van der Waals surface area contributed by atoms with Crippen molar-refractivity contribution in [2.45, 2.75) is 6.54 Å². The molecule has 37 heavy (non-hydrogen) atoms. The Morgan fingerprint density at radius 3 is 2.30 bits per heavy atom. The maximum absolute atomic E-state index is 13.3. The van der Waals surface area contributed by atoms with E-state index in [1.54, 1.807) is 48.8 Å². The van der Waals surface area contributed by atoms with Crippen LogP contribution >= 0.6 is 0 Å². The summed E-state index contributed by atoms with van der Waals surface area (Å²) < 4.78 is 37.5. The van der Waals surface area contributed by atoms with Crippen LogP contribution in [0, 0.1) is 0 Å². The van der Waals surface area contributed by atoms with E-state index in [1.165, 1.54) is 4.90 Å². The normalized spacial score (nSPS) is 15.5. The van der Waals surface area contributed by atoms with Crippen molar-refractivity contribution in [2.75, 3.05) is 37.6 Å². The number of ether oxygens (including phenoxy) is 1. The topological polar surface area (TPSA) is 153 Å². The number of pyridine rings is 2. The molecule has 1 aromatic carbocycles. The van der Waals surface area contributed by atoms with Crippen LogP contribution in [0.1, 0.15) is 16.1 Å². The maximum atomic E-state index is 13.3. The van der Waals surface area contributed by atoms with Gasteiger partial charge in [-0.15, -0.1) is 0 Å². The second-order valence-corrected chi connectivity index (χ2v) is 9.14. The summed E-state index contributed by atoms with van der Waals surface area (Å²) >= 11 is 0. The Labute approximate surface area is 213 Å². The average molecular weight is 528 g/mol. The fourth-order valence-electron chi connectivity index (χ4n) is 4.03. The molecule has 194 valence electrons. The molecule has 0 atom stereocenters. The molecule has 13 heteroatoms. The Bertz CT molecular complexity index is 1350. The second-order valence-electron chi connectivity index (χ2n) is 8.24. The first-order valence-corrected chi connectivity index (χ1v) is 12.7. The molecule has 0 aliphatic carbocycles. The summed E-state index contributed by atoms with van der Waals surface area (Å²) in [7, 11) is -4.67. The summed E-state index contributed by atoms with van der Waals surface area (Å²) in [6, 6.07) is 16.4. The Morgan fingerprint density at radius 2 is 1.59 bits per heavy atom. The molecule has 1 fully saturated rings. The average Bonchev–Trinajstić information content (AvgIpc) is 2.99. The molecule has 3 aromatic rings. The van der Waals surface area contributed by atoms with E-state index >= 15 is 0 Å². The monoisotopic (exact) mass is 527 g/mol. The van der Waals surface area contributed by atoms with Crippen molar-refractivity contribution >= 4 is 27.9 Å². The molecule has 12 nitrogen and oxygen atoms in total. The van der Waals surface area contributed by atoms with Gasteiger partial charge in [0.05, 0.1) is 11.3 Å². The Morgan fingerprint density at radius 1 is 0.919 bits per heavy atom. The largest absolute Gasteiger partial charge is 0.436 e. The van der Waals surface area contributed by atoms with Crippen LogP contribution in [0.15, 0.2) is 67.0 Å². The molecule has 0 saturated carbocycles. The van der Waals surface area contributed by atoms with Gasteiger partial charge in [-0.2, -0.15) is 8.42 Å². The van der Waals surface area contributed by atoms with E-state index in [0.717, 1.165) is 25.3 Å². The molecular formula is C24H25N5O7S. The summed E-state index contributed by atoms with van der Waals surface area (Å²) in [5.41, 5.74) is 1.93. The van der Waals surface area contributed by atoms with Gasteiger partial charge in [-0.25, -0.2) is 4.98 Å². The zero-order chi connectivity index (χ0) is 26.4. The standard InChI is InChI=1S/C24H23N5O3.H2O4S/c30-22(28-14-12-27(13-15-28)16-18-6-3-4-10-25-18)17-29-20-8-5-11-26-23(20)32-21-9-2-1-7-19(21)24(29)31;1-5(2,3)4/h1-11H,12-17H2;(H2,1,2,3,4). The van der Waals surface area contributed by atoms with Crippen LogP contribution in [0.5, 0.6) is 11.6 Å². The third-order valence-electron chi connectivity index (χ3n) is 5.74. The number of carbonyl (C=O) groups excluding carboxylic acids is 2. The number of piperazine rings is 1. The number of aromatic nitrogens is 2. The molecule has 1 saturated heterocycles. The quantitative estimate of drug-likeness (QED) is 0.481. The van der Waals surface area contributed by atoms with Crippen LogP contribution in [0.4, 0.5) is 5.69 Å². The zero-order valence-corrected chi connectivity index (χ0v) is 20.5. The highest BCUT2D eigenvalue weighted by Gasteiger charge is 2.32. The molecule has 5 rings (SSSR count).